The second kappa shape index (κ2) is 7.16. The van der Waals surface area contributed by atoms with Crippen LogP contribution in [0, 0.1) is 5.82 Å². The molecule has 0 spiro atoms. The molecule has 0 fully saturated rings. The predicted molar refractivity (Wildman–Crippen MR) is 90.7 cm³/mol. The van der Waals surface area contributed by atoms with Gasteiger partial charge in [0.25, 0.3) is 5.91 Å². The number of carbonyl (C=O) groups excluding carboxylic acids is 1. The summed E-state index contributed by atoms with van der Waals surface area (Å²) >= 11 is 11.6. The lowest BCUT2D eigenvalue weighted by molar-refractivity contribution is -0.143. The third kappa shape index (κ3) is 4.04. The van der Waals surface area contributed by atoms with Crippen LogP contribution in [0.1, 0.15) is 16.2 Å². The smallest absolute Gasteiger partial charge is 0.320 e. The van der Waals surface area contributed by atoms with Crippen LogP contribution in [0.25, 0.3) is 5.69 Å². The van der Waals surface area contributed by atoms with Crippen molar-refractivity contribution in [3.05, 3.63) is 69.7 Å². The van der Waals surface area contributed by atoms with E-state index >= 15 is 0 Å². The summed E-state index contributed by atoms with van der Waals surface area (Å²) in [6.45, 7) is 0. The van der Waals surface area contributed by atoms with Crippen molar-refractivity contribution in [2.45, 2.75) is 6.18 Å². The molecule has 0 aliphatic heterocycles. The molecule has 3 rings (SSSR count). The maximum absolute atomic E-state index is 13.5. The molecule has 1 aromatic heterocycles. The monoisotopic (exact) mass is 418 g/mol. The van der Waals surface area contributed by atoms with Crippen LogP contribution in [0.5, 0.6) is 0 Å². The highest BCUT2D eigenvalue weighted by molar-refractivity contribution is 6.42. The van der Waals surface area contributed by atoms with Crippen LogP contribution < -0.4 is 5.32 Å². The van der Waals surface area contributed by atoms with Gasteiger partial charge < -0.3 is 5.32 Å². The highest BCUT2D eigenvalue weighted by Crippen LogP contribution is 2.33. The van der Waals surface area contributed by atoms with E-state index in [0.717, 1.165) is 24.3 Å². The quantitative estimate of drug-likeness (QED) is 0.609. The number of halogens is 6. The van der Waals surface area contributed by atoms with E-state index in [-0.39, 0.29) is 21.4 Å². The Morgan fingerprint density at radius 2 is 1.70 bits per heavy atom. The second-order valence-corrected chi connectivity index (χ2v) is 6.07. The normalized spacial score (nSPS) is 11.5. The standard InChI is InChI=1S/C16H8Cl2F4N4O/c17-11-6-3-9(7-12(11)18)23-15(27)13-14(16(20,21)22)26(25-24-13)10-4-1-8(19)2-5-10/h1-7H,(H,23,27). The molecule has 0 atom stereocenters. The first-order valence-corrected chi connectivity index (χ1v) is 7.97. The number of nitrogens with zero attached hydrogens (tertiary/aromatic N) is 3. The molecule has 27 heavy (non-hydrogen) atoms. The maximum atomic E-state index is 13.5. The summed E-state index contributed by atoms with van der Waals surface area (Å²) in [6, 6.07) is 8.11. The van der Waals surface area contributed by atoms with Crippen molar-refractivity contribution in [2.24, 2.45) is 0 Å². The first kappa shape index (κ1) is 19.1. The van der Waals surface area contributed by atoms with Crippen molar-refractivity contribution in [3.63, 3.8) is 0 Å². The topological polar surface area (TPSA) is 59.8 Å². The van der Waals surface area contributed by atoms with Gasteiger partial charge in [-0.3, -0.25) is 4.79 Å². The molecule has 1 amide bonds. The van der Waals surface area contributed by atoms with Crippen LogP contribution in [0.4, 0.5) is 23.2 Å². The SMILES string of the molecule is O=C(Nc1ccc(Cl)c(Cl)c1)c1nnn(-c2ccc(F)cc2)c1C(F)(F)F. The molecule has 0 unspecified atom stereocenters. The fraction of sp³-hybridized carbons (Fsp3) is 0.0625. The van der Waals surface area contributed by atoms with Gasteiger partial charge in [0.2, 0.25) is 0 Å². The van der Waals surface area contributed by atoms with E-state index in [4.69, 9.17) is 23.2 Å². The number of amides is 1. The Hall–Kier alpha value is -2.65. The van der Waals surface area contributed by atoms with Crippen molar-refractivity contribution in [2.75, 3.05) is 5.32 Å². The lowest BCUT2D eigenvalue weighted by Gasteiger charge is -2.11. The van der Waals surface area contributed by atoms with Crippen LogP contribution >= 0.6 is 23.2 Å². The van der Waals surface area contributed by atoms with Crippen LogP contribution in [-0.2, 0) is 6.18 Å². The summed E-state index contributed by atoms with van der Waals surface area (Å²) in [4.78, 5) is 12.3. The summed E-state index contributed by atoms with van der Waals surface area (Å²) in [5.41, 5.74) is -2.33. The Balaban J connectivity index is 2.01. The number of alkyl halides is 3. The molecule has 0 aliphatic rings. The zero-order valence-corrected chi connectivity index (χ0v) is 14.6. The molecule has 0 bridgehead atoms. The third-order valence-electron chi connectivity index (χ3n) is 3.40. The summed E-state index contributed by atoms with van der Waals surface area (Å²) < 4.78 is 54.0. The summed E-state index contributed by atoms with van der Waals surface area (Å²) in [5, 5.41) is 9.32. The van der Waals surface area contributed by atoms with Crippen molar-refractivity contribution < 1.29 is 22.4 Å². The molecule has 0 saturated carbocycles. The molecule has 3 aromatic rings. The summed E-state index contributed by atoms with van der Waals surface area (Å²) in [7, 11) is 0. The lowest BCUT2D eigenvalue weighted by Crippen LogP contribution is -2.21. The van der Waals surface area contributed by atoms with Gasteiger partial charge in [-0.1, -0.05) is 28.4 Å². The highest BCUT2D eigenvalue weighted by atomic mass is 35.5. The van der Waals surface area contributed by atoms with Gasteiger partial charge in [0, 0.05) is 5.69 Å². The molecule has 0 aliphatic carbocycles. The number of anilines is 1. The summed E-state index contributed by atoms with van der Waals surface area (Å²) in [5.74, 6) is -1.78. The van der Waals surface area contributed by atoms with Gasteiger partial charge in [0.15, 0.2) is 11.4 Å². The van der Waals surface area contributed by atoms with E-state index in [1.165, 1.54) is 18.2 Å². The maximum Gasteiger partial charge on any atom is 0.435 e. The summed E-state index contributed by atoms with van der Waals surface area (Å²) in [6.07, 6.45) is -4.94. The molecule has 1 heterocycles. The van der Waals surface area contributed by atoms with Crippen molar-refractivity contribution in [1.29, 1.82) is 0 Å². The Morgan fingerprint density at radius 3 is 2.30 bits per heavy atom. The molecule has 11 heteroatoms. The van der Waals surface area contributed by atoms with Crippen LogP contribution in [0.2, 0.25) is 10.0 Å². The molecule has 1 N–H and O–H groups in total. The van der Waals surface area contributed by atoms with Gasteiger partial charge in [-0.05, 0) is 42.5 Å². The number of hydrogen-bond acceptors (Lipinski definition) is 3. The zero-order valence-electron chi connectivity index (χ0n) is 13.1. The Kier molecular flexibility index (Phi) is 5.07. The molecule has 140 valence electrons. The van der Waals surface area contributed by atoms with Gasteiger partial charge in [0.1, 0.15) is 5.82 Å². The second-order valence-electron chi connectivity index (χ2n) is 5.26. The molecule has 5 nitrogen and oxygen atoms in total. The van der Waals surface area contributed by atoms with E-state index in [9.17, 15) is 22.4 Å². The van der Waals surface area contributed by atoms with Gasteiger partial charge >= 0.3 is 6.18 Å². The van der Waals surface area contributed by atoms with E-state index < -0.39 is 29.3 Å². The number of rotatable bonds is 3. The highest BCUT2D eigenvalue weighted by Gasteiger charge is 2.42. The largest absolute Gasteiger partial charge is 0.435 e. The Bertz CT molecular complexity index is 1000. The average Bonchev–Trinajstić information content (AvgIpc) is 3.04. The minimum absolute atomic E-state index is 0.107. The lowest BCUT2D eigenvalue weighted by atomic mass is 10.2. The van der Waals surface area contributed by atoms with E-state index in [2.05, 4.69) is 15.6 Å². The fourth-order valence-corrected chi connectivity index (χ4v) is 2.51. The van der Waals surface area contributed by atoms with Crippen LogP contribution in [-0.4, -0.2) is 20.9 Å². The number of carbonyl (C=O) groups is 1. The van der Waals surface area contributed by atoms with Crippen molar-refractivity contribution in [3.8, 4) is 5.69 Å². The minimum atomic E-state index is -4.94. The number of hydrogen-bond donors (Lipinski definition) is 1. The van der Waals surface area contributed by atoms with Gasteiger partial charge in [-0.25, -0.2) is 9.07 Å². The molecule has 2 aromatic carbocycles. The molecular formula is C16H8Cl2F4N4O. The van der Waals surface area contributed by atoms with Gasteiger partial charge in [-0.2, -0.15) is 13.2 Å². The van der Waals surface area contributed by atoms with E-state index in [1.54, 1.807) is 0 Å². The molecular weight excluding hydrogens is 411 g/mol. The van der Waals surface area contributed by atoms with Crippen LogP contribution in [0.15, 0.2) is 42.5 Å². The molecule has 0 saturated heterocycles. The number of benzene rings is 2. The zero-order chi connectivity index (χ0) is 19.8. The predicted octanol–water partition coefficient (Wildman–Crippen LogP) is 4.98. The van der Waals surface area contributed by atoms with Crippen molar-refractivity contribution >= 4 is 34.8 Å². The third-order valence-corrected chi connectivity index (χ3v) is 4.14. The van der Waals surface area contributed by atoms with E-state index in [0.29, 0.717) is 4.68 Å². The number of aromatic nitrogens is 3. The van der Waals surface area contributed by atoms with Gasteiger partial charge in [0.05, 0.1) is 15.7 Å². The Morgan fingerprint density at radius 1 is 1.04 bits per heavy atom. The van der Waals surface area contributed by atoms with Gasteiger partial charge in [-0.15, -0.1) is 5.10 Å². The van der Waals surface area contributed by atoms with Crippen molar-refractivity contribution in [1.82, 2.24) is 15.0 Å². The minimum Gasteiger partial charge on any atom is -0.320 e. The van der Waals surface area contributed by atoms with Crippen LogP contribution in [0.3, 0.4) is 0 Å². The fourth-order valence-electron chi connectivity index (χ4n) is 2.22. The average molecular weight is 419 g/mol. The first-order valence-electron chi connectivity index (χ1n) is 7.22. The Labute approximate surface area is 159 Å². The number of nitrogens with one attached hydrogen (secondary N) is 1. The van der Waals surface area contributed by atoms with E-state index in [1.807, 2.05) is 0 Å². The first-order chi connectivity index (χ1) is 12.7. The molecule has 0 radical (unpaired) electrons.